The Morgan fingerprint density at radius 3 is 2.83 bits per heavy atom. The SMILES string of the molecule is COC(=O)NC1CCCc2ccc(NC(=O)c3c[nH]c4ccccc4c3=O)cc21. The molecule has 1 atom stereocenters. The Labute approximate surface area is 167 Å². The van der Waals surface area contributed by atoms with E-state index in [-0.39, 0.29) is 17.0 Å². The number of nitrogens with one attached hydrogen (secondary N) is 3. The summed E-state index contributed by atoms with van der Waals surface area (Å²) in [7, 11) is 1.33. The van der Waals surface area contributed by atoms with Gasteiger partial charge in [-0.1, -0.05) is 18.2 Å². The number of pyridine rings is 1. The van der Waals surface area contributed by atoms with Crippen molar-refractivity contribution < 1.29 is 14.3 Å². The number of rotatable bonds is 3. The van der Waals surface area contributed by atoms with Crippen molar-refractivity contribution in [3.8, 4) is 0 Å². The molecule has 7 nitrogen and oxygen atoms in total. The van der Waals surface area contributed by atoms with Crippen LogP contribution in [0.4, 0.5) is 10.5 Å². The molecule has 7 heteroatoms. The Hall–Kier alpha value is -3.61. The number of ether oxygens (including phenoxy) is 1. The molecule has 4 rings (SSSR count). The number of methoxy groups -OCH3 is 1. The van der Waals surface area contributed by atoms with E-state index in [9.17, 15) is 14.4 Å². The second-order valence-electron chi connectivity index (χ2n) is 7.03. The number of fused-ring (bicyclic) bond motifs is 2. The maximum atomic E-state index is 12.7. The number of hydrogen-bond acceptors (Lipinski definition) is 4. The molecule has 1 heterocycles. The number of benzene rings is 2. The number of aromatic nitrogens is 1. The standard InChI is InChI=1S/C22H21N3O4/c1-29-22(28)25-19-8-4-5-13-9-10-14(11-16(13)19)24-21(27)17-12-23-18-7-3-2-6-15(18)20(17)26/h2-3,6-7,9-12,19H,4-5,8H2,1H3,(H,23,26)(H,24,27)(H,25,28). The van der Waals surface area contributed by atoms with E-state index in [1.165, 1.54) is 13.3 Å². The second kappa shape index (κ2) is 7.79. The number of carbonyl (C=O) groups is 2. The van der Waals surface area contributed by atoms with E-state index in [1.807, 2.05) is 24.3 Å². The Morgan fingerprint density at radius 2 is 2.00 bits per heavy atom. The first-order valence-electron chi connectivity index (χ1n) is 9.46. The largest absolute Gasteiger partial charge is 0.453 e. The number of alkyl carbamates (subject to hydrolysis) is 1. The monoisotopic (exact) mass is 391 g/mol. The van der Waals surface area contributed by atoms with Crippen LogP contribution in [0.2, 0.25) is 0 Å². The second-order valence-corrected chi connectivity index (χ2v) is 7.03. The molecule has 1 aromatic heterocycles. The Balaban J connectivity index is 1.61. The predicted molar refractivity (Wildman–Crippen MR) is 110 cm³/mol. The van der Waals surface area contributed by atoms with Gasteiger partial charge < -0.3 is 20.4 Å². The molecule has 0 radical (unpaired) electrons. The van der Waals surface area contributed by atoms with Crippen molar-refractivity contribution in [3.63, 3.8) is 0 Å². The number of amides is 2. The lowest BCUT2D eigenvalue weighted by Gasteiger charge is -2.26. The van der Waals surface area contributed by atoms with Crippen molar-refractivity contribution in [1.29, 1.82) is 0 Å². The first-order chi connectivity index (χ1) is 14.1. The van der Waals surface area contributed by atoms with E-state index in [4.69, 9.17) is 4.74 Å². The van der Waals surface area contributed by atoms with Crippen LogP contribution >= 0.6 is 0 Å². The van der Waals surface area contributed by atoms with Crippen molar-refractivity contribution in [2.75, 3.05) is 12.4 Å². The minimum absolute atomic E-state index is 0.0469. The van der Waals surface area contributed by atoms with Gasteiger partial charge in [-0.15, -0.1) is 0 Å². The normalized spacial score (nSPS) is 15.4. The predicted octanol–water partition coefficient (Wildman–Crippen LogP) is 3.51. The maximum Gasteiger partial charge on any atom is 0.407 e. The fraction of sp³-hybridized carbons (Fsp3) is 0.227. The lowest BCUT2D eigenvalue weighted by atomic mass is 9.87. The maximum absolute atomic E-state index is 12.7. The molecule has 29 heavy (non-hydrogen) atoms. The molecule has 3 N–H and O–H groups in total. The van der Waals surface area contributed by atoms with Gasteiger partial charge in [-0.25, -0.2) is 4.79 Å². The van der Waals surface area contributed by atoms with Crippen molar-refractivity contribution >= 4 is 28.6 Å². The smallest absolute Gasteiger partial charge is 0.407 e. The van der Waals surface area contributed by atoms with E-state index in [1.54, 1.807) is 18.2 Å². The van der Waals surface area contributed by atoms with Crippen LogP contribution in [0, 0.1) is 0 Å². The summed E-state index contributed by atoms with van der Waals surface area (Å²) in [6, 6.07) is 12.5. The zero-order chi connectivity index (χ0) is 20.4. The van der Waals surface area contributed by atoms with Gasteiger partial charge in [0.25, 0.3) is 5.91 Å². The number of hydrogen-bond donors (Lipinski definition) is 3. The van der Waals surface area contributed by atoms with E-state index < -0.39 is 12.0 Å². The van der Waals surface area contributed by atoms with Gasteiger partial charge in [-0.3, -0.25) is 9.59 Å². The van der Waals surface area contributed by atoms with Crippen LogP contribution in [-0.4, -0.2) is 24.1 Å². The lowest BCUT2D eigenvalue weighted by molar-refractivity contribution is 0.102. The van der Waals surface area contributed by atoms with Crippen LogP contribution in [0.1, 0.15) is 40.4 Å². The summed E-state index contributed by atoms with van der Waals surface area (Å²) in [6.07, 6.45) is 3.61. The van der Waals surface area contributed by atoms with Gasteiger partial charge in [0.2, 0.25) is 5.43 Å². The van der Waals surface area contributed by atoms with Crippen molar-refractivity contribution in [2.24, 2.45) is 0 Å². The molecule has 0 aliphatic heterocycles. The third kappa shape index (κ3) is 3.71. The van der Waals surface area contributed by atoms with Gasteiger partial charge in [0.1, 0.15) is 5.56 Å². The summed E-state index contributed by atoms with van der Waals surface area (Å²) in [5.74, 6) is -0.481. The molecule has 148 valence electrons. The summed E-state index contributed by atoms with van der Waals surface area (Å²) >= 11 is 0. The highest BCUT2D eigenvalue weighted by atomic mass is 16.5. The number of carbonyl (C=O) groups excluding carboxylic acids is 2. The van der Waals surface area contributed by atoms with E-state index in [0.717, 1.165) is 30.4 Å². The summed E-state index contributed by atoms with van der Waals surface area (Å²) in [5, 5.41) is 6.10. The molecule has 2 amide bonds. The summed E-state index contributed by atoms with van der Waals surface area (Å²) in [4.78, 5) is 40.0. The lowest BCUT2D eigenvalue weighted by Crippen LogP contribution is -2.31. The van der Waals surface area contributed by atoms with Gasteiger partial charge in [-0.2, -0.15) is 0 Å². The van der Waals surface area contributed by atoms with Gasteiger partial charge in [-0.05, 0) is 54.7 Å². The third-order valence-corrected chi connectivity index (χ3v) is 5.23. The van der Waals surface area contributed by atoms with E-state index in [2.05, 4.69) is 15.6 Å². The van der Waals surface area contributed by atoms with Crippen molar-refractivity contribution in [1.82, 2.24) is 10.3 Å². The molecular formula is C22H21N3O4. The molecule has 1 unspecified atom stereocenters. The van der Waals surface area contributed by atoms with Crippen LogP contribution in [-0.2, 0) is 11.2 Å². The Kier molecular flexibility index (Phi) is 5.03. The van der Waals surface area contributed by atoms with E-state index in [0.29, 0.717) is 16.6 Å². The highest BCUT2D eigenvalue weighted by Crippen LogP contribution is 2.32. The fourth-order valence-corrected chi connectivity index (χ4v) is 3.76. The first-order valence-corrected chi connectivity index (χ1v) is 9.46. The van der Waals surface area contributed by atoms with Gasteiger partial charge >= 0.3 is 6.09 Å². The Bertz CT molecular complexity index is 1150. The quantitative estimate of drug-likeness (QED) is 0.636. The minimum Gasteiger partial charge on any atom is -0.453 e. The molecule has 1 aliphatic carbocycles. The highest BCUT2D eigenvalue weighted by Gasteiger charge is 2.23. The summed E-state index contributed by atoms with van der Waals surface area (Å²) in [5.41, 5.74) is 3.05. The molecule has 1 aliphatic rings. The number of aromatic amines is 1. The minimum atomic E-state index is -0.486. The summed E-state index contributed by atoms with van der Waals surface area (Å²) in [6.45, 7) is 0. The number of aryl methyl sites for hydroxylation is 1. The fourth-order valence-electron chi connectivity index (χ4n) is 3.76. The topological polar surface area (TPSA) is 100 Å². The number of anilines is 1. The highest BCUT2D eigenvalue weighted by molar-refractivity contribution is 6.05. The molecular weight excluding hydrogens is 370 g/mol. The van der Waals surface area contributed by atoms with Gasteiger partial charge in [0.15, 0.2) is 0 Å². The zero-order valence-electron chi connectivity index (χ0n) is 16.0. The van der Waals surface area contributed by atoms with Crippen LogP contribution in [0.5, 0.6) is 0 Å². The van der Waals surface area contributed by atoms with Crippen molar-refractivity contribution in [2.45, 2.75) is 25.3 Å². The van der Waals surface area contributed by atoms with Crippen molar-refractivity contribution in [3.05, 3.63) is 75.6 Å². The third-order valence-electron chi connectivity index (χ3n) is 5.23. The van der Waals surface area contributed by atoms with Crippen LogP contribution in [0.25, 0.3) is 10.9 Å². The molecule has 0 bridgehead atoms. The first kappa shape index (κ1) is 18.7. The average molecular weight is 391 g/mol. The molecule has 0 saturated heterocycles. The average Bonchev–Trinajstić information content (AvgIpc) is 2.74. The van der Waals surface area contributed by atoms with Crippen LogP contribution in [0.3, 0.4) is 0 Å². The van der Waals surface area contributed by atoms with Crippen LogP contribution < -0.4 is 16.1 Å². The molecule has 3 aromatic rings. The van der Waals surface area contributed by atoms with Crippen LogP contribution in [0.15, 0.2) is 53.5 Å². The molecule has 0 fully saturated rings. The van der Waals surface area contributed by atoms with Gasteiger partial charge in [0.05, 0.1) is 13.2 Å². The molecule has 0 saturated carbocycles. The summed E-state index contributed by atoms with van der Waals surface area (Å²) < 4.78 is 4.71. The van der Waals surface area contributed by atoms with E-state index >= 15 is 0 Å². The van der Waals surface area contributed by atoms with Gasteiger partial charge in [0, 0.05) is 22.8 Å². The number of H-pyrrole nitrogens is 1. The Morgan fingerprint density at radius 1 is 1.17 bits per heavy atom. The zero-order valence-corrected chi connectivity index (χ0v) is 16.0. The number of para-hydroxylation sites is 1. The molecule has 2 aromatic carbocycles. The molecule has 0 spiro atoms.